The van der Waals surface area contributed by atoms with Gasteiger partial charge in [0.2, 0.25) is 11.8 Å². The Balaban J connectivity index is 3.58. The Bertz CT molecular complexity index is 243. The lowest BCUT2D eigenvalue weighted by atomic mass is 10.4. The maximum atomic E-state index is 11.6. The molecule has 0 aliphatic carbocycles. The molecule has 0 saturated carbocycles. The number of nitrogens with zero attached hydrogens (tertiary/aromatic N) is 1. The zero-order chi connectivity index (χ0) is 13.8. The highest BCUT2D eigenvalue weighted by atomic mass is 16.5. The summed E-state index contributed by atoms with van der Waals surface area (Å²) in [6, 6.07) is 0. The van der Waals surface area contributed by atoms with E-state index in [-0.39, 0.29) is 24.9 Å². The number of carbonyl (C=O) groups is 2. The van der Waals surface area contributed by atoms with Gasteiger partial charge in [0.05, 0.1) is 13.1 Å². The molecule has 2 N–H and O–H groups in total. The Hall–Kier alpha value is -1.14. The number of rotatable bonds is 10. The Morgan fingerprint density at radius 2 is 1.83 bits per heavy atom. The van der Waals surface area contributed by atoms with E-state index in [9.17, 15) is 9.59 Å². The molecule has 0 radical (unpaired) electrons. The number of likely N-dealkylation sites (N-methyl/N-ethyl adjacent to an activating group) is 1. The number of ether oxygens (including phenoxy) is 1. The first-order valence-corrected chi connectivity index (χ1v) is 6.39. The average Bonchev–Trinajstić information content (AvgIpc) is 2.36. The lowest BCUT2D eigenvalue weighted by molar-refractivity contribution is -0.129. The minimum atomic E-state index is -0.0987. The summed E-state index contributed by atoms with van der Waals surface area (Å²) < 4.78 is 4.87. The third kappa shape index (κ3) is 8.03. The molecule has 0 spiro atoms. The largest absolute Gasteiger partial charge is 0.385 e. The van der Waals surface area contributed by atoms with Crippen LogP contribution in [0.5, 0.6) is 0 Å². The van der Waals surface area contributed by atoms with E-state index in [1.807, 2.05) is 13.8 Å². The zero-order valence-electron chi connectivity index (χ0n) is 11.6. The van der Waals surface area contributed by atoms with Gasteiger partial charge in [-0.05, 0) is 20.3 Å². The van der Waals surface area contributed by atoms with E-state index in [4.69, 9.17) is 4.74 Å². The maximum Gasteiger partial charge on any atom is 0.236 e. The third-order valence-electron chi connectivity index (χ3n) is 2.53. The molecule has 2 amide bonds. The lowest BCUT2D eigenvalue weighted by Crippen LogP contribution is -2.41. The molecule has 6 heteroatoms. The van der Waals surface area contributed by atoms with Gasteiger partial charge in [0.25, 0.3) is 0 Å². The number of carbonyl (C=O) groups excluding carboxylic acids is 2. The molecule has 0 aliphatic heterocycles. The first-order valence-electron chi connectivity index (χ1n) is 6.39. The van der Waals surface area contributed by atoms with Crippen molar-refractivity contribution >= 4 is 11.8 Å². The summed E-state index contributed by atoms with van der Waals surface area (Å²) in [5.41, 5.74) is 0. The van der Waals surface area contributed by atoms with Crippen LogP contribution in [0.1, 0.15) is 20.3 Å². The first kappa shape index (κ1) is 16.9. The number of methoxy groups -OCH3 is 1. The van der Waals surface area contributed by atoms with Crippen LogP contribution in [0.2, 0.25) is 0 Å². The van der Waals surface area contributed by atoms with E-state index in [1.54, 1.807) is 12.0 Å². The van der Waals surface area contributed by atoms with Crippen molar-refractivity contribution < 1.29 is 14.3 Å². The molecule has 0 unspecified atom stereocenters. The highest BCUT2D eigenvalue weighted by Gasteiger charge is 2.09. The summed E-state index contributed by atoms with van der Waals surface area (Å²) in [6.07, 6.45) is 0.792. The minimum Gasteiger partial charge on any atom is -0.385 e. The van der Waals surface area contributed by atoms with Gasteiger partial charge in [-0.25, -0.2) is 0 Å². The molecule has 0 heterocycles. The predicted molar refractivity (Wildman–Crippen MR) is 70.3 cm³/mol. The topological polar surface area (TPSA) is 70.7 Å². The van der Waals surface area contributed by atoms with E-state index in [0.29, 0.717) is 26.2 Å². The molecule has 0 rings (SSSR count). The first-order chi connectivity index (χ1) is 8.65. The van der Waals surface area contributed by atoms with Crippen LogP contribution in [0, 0.1) is 0 Å². The van der Waals surface area contributed by atoms with E-state index in [1.165, 1.54) is 0 Å². The fourth-order valence-electron chi connectivity index (χ4n) is 1.48. The Kier molecular flexibility index (Phi) is 10.3. The second-order valence-electron chi connectivity index (χ2n) is 3.87. The third-order valence-corrected chi connectivity index (χ3v) is 2.53. The van der Waals surface area contributed by atoms with Gasteiger partial charge in [-0.3, -0.25) is 14.9 Å². The van der Waals surface area contributed by atoms with Crippen LogP contribution in [-0.4, -0.2) is 63.2 Å². The van der Waals surface area contributed by atoms with Crippen molar-refractivity contribution in [3.05, 3.63) is 0 Å². The van der Waals surface area contributed by atoms with Gasteiger partial charge in [0, 0.05) is 33.4 Å². The maximum absolute atomic E-state index is 11.6. The van der Waals surface area contributed by atoms with Gasteiger partial charge in [0.1, 0.15) is 0 Å². The highest BCUT2D eigenvalue weighted by molar-refractivity contribution is 5.81. The van der Waals surface area contributed by atoms with Crippen LogP contribution in [-0.2, 0) is 14.3 Å². The van der Waals surface area contributed by atoms with Gasteiger partial charge in [-0.1, -0.05) is 0 Å². The molecule has 0 fully saturated rings. The number of nitrogens with one attached hydrogen (secondary N) is 2. The van der Waals surface area contributed by atoms with Crippen molar-refractivity contribution in [3.63, 3.8) is 0 Å². The van der Waals surface area contributed by atoms with Crippen LogP contribution in [0.15, 0.2) is 0 Å². The summed E-state index contributed by atoms with van der Waals surface area (Å²) in [4.78, 5) is 24.7. The molecule has 0 saturated heterocycles. The SMILES string of the molecule is CCN(CC)C(=O)CNCC(=O)NCCCOC. The molecule has 0 aromatic rings. The number of hydrogen-bond acceptors (Lipinski definition) is 4. The van der Waals surface area contributed by atoms with E-state index in [2.05, 4.69) is 10.6 Å². The van der Waals surface area contributed by atoms with Crippen LogP contribution >= 0.6 is 0 Å². The van der Waals surface area contributed by atoms with Crippen molar-refractivity contribution in [2.45, 2.75) is 20.3 Å². The molecule has 0 bridgehead atoms. The summed E-state index contributed by atoms with van der Waals surface area (Å²) in [6.45, 7) is 6.86. The van der Waals surface area contributed by atoms with Crippen molar-refractivity contribution in [1.29, 1.82) is 0 Å². The second-order valence-corrected chi connectivity index (χ2v) is 3.87. The van der Waals surface area contributed by atoms with Crippen LogP contribution in [0.4, 0.5) is 0 Å². The van der Waals surface area contributed by atoms with Gasteiger partial charge in [-0.2, -0.15) is 0 Å². The van der Waals surface area contributed by atoms with Crippen LogP contribution in [0.25, 0.3) is 0 Å². The minimum absolute atomic E-state index is 0.0205. The Labute approximate surface area is 109 Å². The molecule has 18 heavy (non-hydrogen) atoms. The Morgan fingerprint density at radius 1 is 1.17 bits per heavy atom. The number of hydrogen-bond donors (Lipinski definition) is 2. The average molecular weight is 259 g/mol. The standard InChI is InChI=1S/C12H25N3O3/c1-4-15(5-2)12(17)10-13-9-11(16)14-7-6-8-18-3/h13H,4-10H2,1-3H3,(H,14,16). The second kappa shape index (κ2) is 11.0. The smallest absolute Gasteiger partial charge is 0.236 e. The molecular formula is C12H25N3O3. The van der Waals surface area contributed by atoms with Crippen molar-refractivity contribution in [2.75, 3.05) is 46.4 Å². The van der Waals surface area contributed by atoms with Crippen molar-refractivity contribution in [3.8, 4) is 0 Å². The highest BCUT2D eigenvalue weighted by Crippen LogP contribution is 1.86. The fourth-order valence-corrected chi connectivity index (χ4v) is 1.48. The predicted octanol–water partition coefficient (Wildman–Crippen LogP) is -0.403. The van der Waals surface area contributed by atoms with Gasteiger partial charge >= 0.3 is 0 Å². The quantitative estimate of drug-likeness (QED) is 0.524. The van der Waals surface area contributed by atoms with Crippen LogP contribution < -0.4 is 10.6 Å². The Morgan fingerprint density at radius 3 is 2.39 bits per heavy atom. The monoisotopic (exact) mass is 259 g/mol. The number of amides is 2. The van der Waals surface area contributed by atoms with Crippen molar-refractivity contribution in [1.82, 2.24) is 15.5 Å². The van der Waals surface area contributed by atoms with Gasteiger partial charge in [-0.15, -0.1) is 0 Å². The molecule has 0 aromatic carbocycles. The molecule has 0 aromatic heterocycles. The van der Waals surface area contributed by atoms with Gasteiger partial charge in [0.15, 0.2) is 0 Å². The zero-order valence-corrected chi connectivity index (χ0v) is 11.6. The summed E-state index contributed by atoms with van der Waals surface area (Å²) in [5.74, 6) is -0.0781. The fraction of sp³-hybridized carbons (Fsp3) is 0.833. The summed E-state index contributed by atoms with van der Waals surface area (Å²) >= 11 is 0. The van der Waals surface area contributed by atoms with Crippen molar-refractivity contribution in [2.24, 2.45) is 0 Å². The lowest BCUT2D eigenvalue weighted by Gasteiger charge is -2.18. The van der Waals surface area contributed by atoms with Crippen LogP contribution in [0.3, 0.4) is 0 Å². The molecule has 0 atom stereocenters. The summed E-state index contributed by atoms with van der Waals surface area (Å²) in [5, 5.41) is 5.58. The molecular weight excluding hydrogens is 234 g/mol. The normalized spacial score (nSPS) is 10.2. The molecule has 6 nitrogen and oxygen atoms in total. The van der Waals surface area contributed by atoms with Gasteiger partial charge < -0.3 is 15.0 Å². The van der Waals surface area contributed by atoms with E-state index >= 15 is 0 Å². The molecule has 106 valence electrons. The summed E-state index contributed by atoms with van der Waals surface area (Å²) in [7, 11) is 1.63. The van der Waals surface area contributed by atoms with E-state index < -0.39 is 0 Å². The van der Waals surface area contributed by atoms with E-state index in [0.717, 1.165) is 6.42 Å². The molecule has 0 aliphatic rings.